The Kier molecular flexibility index (Phi) is 15.0. The van der Waals surface area contributed by atoms with Crippen LogP contribution in [-0.4, -0.2) is 13.1 Å². The molecule has 0 aliphatic rings. The van der Waals surface area contributed by atoms with Gasteiger partial charge in [0, 0.05) is 6.04 Å². The monoisotopic (exact) mass is 255 g/mol. The molecule has 0 amide bonds. The molecule has 1 heteroatoms. The Bertz CT molecular complexity index is 145. The molecular weight excluding hydrogens is 218 g/mol. The zero-order valence-corrected chi connectivity index (χ0v) is 13.3. The number of rotatable bonds is 14. The van der Waals surface area contributed by atoms with Crippen LogP contribution in [0.5, 0.6) is 0 Å². The summed E-state index contributed by atoms with van der Waals surface area (Å²) in [5, 5.41) is 3.49. The zero-order chi connectivity index (χ0) is 13.5. The van der Waals surface area contributed by atoms with E-state index in [1.807, 2.05) is 0 Å². The maximum atomic E-state index is 3.49. The smallest absolute Gasteiger partial charge is 0.00640 e. The van der Waals surface area contributed by atoms with E-state index in [-0.39, 0.29) is 0 Å². The van der Waals surface area contributed by atoms with Gasteiger partial charge in [0.15, 0.2) is 0 Å². The van der Waals surface area contributed by atoms with E-state index in [1.54, 1.807) is 0 Å². The lowest BCUT2D eigenvalue weighted by Gasteiger charge is -2.15. The van der Waals surface area contributed by atoms with Crippen molar-refractivity contribution in [3.63, 3.8) is 0 Å². The van der Waals surface area contributed by atoms with Crippen LogP contribution in [0.3, 0.4) is 0 Å². The molecule has 1 unspecified atom stereocenters. The Morgan fingerprint density at radius 2 is 1.00 bits per heavy atom. The van der Waals surface area contributed by atoms with Crippen LogP contribution in [0.1, 0.15) is 97.3 Å². The Balaban J connectivity index is 3.27. The summed E-state index contributed by atoms with van der Waals surface area (Å²) in [5.41, 5.74) is 0. The number of unbranched alkanes of at least 4 members (excludes halogenated alkanes) is 9. The molecule has 0 radical (unpaired) electrons. The Morgan fingerprint density at radius 1 is 0.611 bits per heavy atom. The van der Waals surface area contributed by atoms with Crippen LogP contribution in [0, 0.1) is 0 Å². The van der Waals surface area contributed by atoms with Crippen molar-refractivity contribution in [1.29, 1.82) is 0 Å². The van der Waals surface area contributed by atoms with Crippen molar-refractivity contribution >= 4 is 0 Å². The topological polar surface area (TPSA) is 12.0 Å². The number of nitrogens with one attached hydrogen (secondary N) is 1. The molecule has 1 nitrogen and oxygen atoms in total. The molecule has 110 valence electrons. The maximum absolute atomic E-state index is 3.49. The minimum atomic E-state index is 0.775. The second kappa shape index (κ2) is 15.0. The van der Waals surface area contributed by atoms with Crippen molar-refractivity contribution < 1.29 is 0 Å². The van der Waals surface area contributed by atoms with Crippen molar-refractivity contribution in [2.45, 2.75) is 103 Å². The predicted octanol–water partition coefficient (Wildman–Crippen LogP) is 5.69. The SMILES string of the molecule is CCCCCCCCCC(CCCCCC)NC. The van der Waals surface area contributed by atoms with Crippen LogP contribution in [0.4, 0.5) is 0 Å². The summed E-state index contributed by atoms with van der Waals surface area (Å²) in [5.74, 6) is 0. The van der Waals surface area contributed by atoms with Crippen molar-refractivity contribution in [1.82, 2.24) is 5.32 Å². The molecule has 0 aliphatic carbocycles. The van der Waals surface area contributed by atoms with E-state index in [1.165, 1.54) is 83.5 Å². The third-order valence-corrected chi connectivity index (χ3v) is 3.97. The van der Waals surface area contributed by atoms with Crippen LogP contribution in [0.2, 0.25) is 0 Å². The van der Waals surface area contributed by atoms with Crippen molar-refractivity contribution in [3.05, 3.63) is 0 Å². The lowest BCUT2D eigenvalue weighted by Crippen LogP contribution is -2.24. The first-order chi connectivity index (χ1) is 8.85. The average Bonchev–Trinajstić information content (AvgIpc) is 2.40. The molecule has 0 spiro atoms. The molecule has 0 aromatic heterocycles. The van der Waals surface area contributed by atoms with E-state index in [4.69, 9.17) is 0 Å². The summed E-state index contributed by atoms with van der Waals surface area (Å²) in [6.45, 7) is 4.57. The van der Waals surface area contributed by atoms with Gasteiger partial charge >= 0.3 is 0 Å². The molecule has 1 N–H and O–H groups in total. The quantitative estimate of drug-likeness (QED) is 0.393. The van der Waals surface area contributed by atoms with Gasteiger partial charge in [-0.1, -0.05) is 84.5 Å². The van der Waals surface area contributed by atoms with E-state index in [0.717, 1.165) is 6.04 Å². The molecule has 0 fully saturated rings. The highest BCUT2D eigenvalue weighted by Crippen LogP contribution is 2.13. The van der Waals surface area contributed by atoms with Gasteiger partial charge in [-0.3, -0.25) is 0 Å². The summed E-state index contributed by atoms with van der Waals surface area (Å²) in [6.07, 6.45) is 18.4. The van der Waals surface area contributed by atoms with Crippen LogP contribution in [0.25, 0.3) is 0 Å². The first-order valence-corrected chi connectivity index (χ1v) is 8.52. The van der Waals surface area contributed by atoms with Gasteiger partial charge in [-0.25, -0.2) is 0 Å². The molecule has 0 aliphatic heterocycles. The molecular formula is C17H37N. The fourth-order valence-corrected chi connectivity index (χ4v) is 2.60. The Hall–Kier alpha value is -0.0400. The lowest BCUT2D eigenvalue weighted by molar-refractivity contribution is 0.437. The highest BCUT2D eigenvalue weighted by atomic mass is 14.9. The molecule has 0 saturated heterocycles. The van der Waals surface area contributed by atoms with Crippen LogP contribution < -0.4 is 5.32 Å². The van der Waals surface area contributed by atoms with Gasteiger partial charge in [-0.05, 0) is 19.9 Å². The van der Waals surface area contributed by atoms with E-state index in [9.17, 15) is 0 Å². The molecule has 1 atom stereocenters. The summed E-state index contributed by atoms with van der Waals surface area (Å²) in [4.78, 5) is 0. The van der Waals surface area contributed by atoms with Crippen LogP contribution in [-0.2, 0) is 0 Å². The molecule has 0 aromatic rings. The van der Waals surface area contributed by atoms with Crippen LogP contribution >= 0.6 is 0 Å². The Labute approximate surface area is 116 Å². The fourth-order valence-electron chi connectivity index (χ4n) is 2.60. The van der Waals surface area contributed by atoms with Gasteiger partial charge in [0.05, 0.1) is 0 Å². The molecule has 18 heavy (non-hydrogen) atoms. The average molecular weight is 255 g/mol. The summed E-state index contributed by atoms with van der Waals surface area (Å²) in [7, 11) is 2.13. The standard InChI is InChI=1S/C17H37N/c1-4-6-8-10-11-12-14-16-17(18-3)15-13-9-7-5-2/h17-18H,4-16H2,1-3H3. The van der Waals surface area contributed by atoms with Crippen LogP contribution in [0.15, 0.2) is 0 Å². The summed E-state index contributed by atoms with van der Waals surface area (Å²) >= 11 is 0. The summed E-state index contributed by atoms with van der Waals surface area (Å²) < 4.78 is 0. The number of hydrogen-bond donors (Lipinski definition) is 1. The molecule has 0 rings (SSSR count). The molecule has 0 aromatic carbocycles. The van der Waals surface area contributed by atoms with Gasteiger partial charge in [0.1, 0.15) is 0 Å². The Morgan fingerprint density at radius 3 is 1.44 bits per heavy atom. The van der Waals surface area contributed by atoms with E-state index in [2.05, 4.69) is 26.2 Å². The van der Waals surface area contributed by atoms with E-state index < -0.39 is 0 Å². The first-order valence-electron chi connectivity index (χ1n) is 8.52. The second-order valence-corrected chi connectivity index (χ2v) is 5.74. The third kappa shape index (κ3) is 12.4. The minimum absolute atomic E-state index is 0.775. The normalized spacial score (nSPS) is 12.8. The highest BCUT2D eigenvalue weighted by Gasteiger charge is 2.04. The van der Waals surface area contributed by atoms with Crippen molar-refractivity contribution in [3.8, 4) is 0 Å². The van der Waals surface area contributed by atoms with Gasteiger partial charge in [-0.2, -0.15) is 0 Å². The van der Waals surface area contributed by atoms with Gasteiger partial charge in [0.25, 0.3) is 0 Å². The van der Waals surface area contributed by atoms with E-state index >= 15 is 0 Å². The molecule has 0 bridgehead atoms. The largest absolute Gasteiger partial charge is 0.317 e. The molecule has 0 saturated carbocycles. The highest BCUT2D eigenvalue weighted by molar-refractivity contribution is 4.64. The van der Waals surface area contributed by atoms with Gasteiger partial charge < -0.3 is 5.32 Å². The second-order valence-electron chi connectivity index (χ2n) is 5.74. The third-order valence-electron chi connectivity index (χ3n) is 3.97. The summed E-state index contributed by atoms with van der Waals surface area (Å²) in [6, 6.07) is 0.775. The number of hydrogen-bond acceptors (Lipinski definition) is 1. The minimum Gasteiger partial charge on any atom is -0.317 e. The zero-order valence-electron chi connectivity index (χ0n) is 13.3. The van der Waals surface area contributed by atoms with Gasteiger partial charge in [0.2, 0.25) is 0 Å². The van der Waals surface area contributed by atoms with E-state index in [0.29, 0.717) is 0 Å². The molecule has 0 heterocycles. The maximum Gasteiger partial charge on any atom is 0.00640 e. The first kappa shape index (κ1) is 18.0. The van der Waals surface area contributed by atoms with Gasteiger partial charge in [-0.15, -0.1) is 0 Å². The lowest BCUT2D eigenvalue weighted by atomic mass is 10.0. The predicted molar refractivity (Wildman–Crippen MR) is 84.2 cm³/mol. The van der Waals surface area contributed by atoms with Crippen molar-refractivity contribution in [2.75, 3.05) is 7.05 Å². The fraction of sp³-hybridized carbons (Fsp3) is 1.00. The van der Waals surface area contributed by atoms with Crippen molar-refractivity contribution in [2.24, 2.45) is 0 Å².